The van der Waals surface area contributed by atoms with Crippen LogP contribution < -0.4 is 0 Å². The van der Waals surface area contributed by atoms with E-state index in [9.17, 15) is 14.3 Å². The summed E-state index contributed by atoms with van der Waals surface area (Å²) in [4.78, 5) is 14.2. The van der Waals surface area contributed by atoms with Gasteiger partial charge in [-0.25, -0.2) is 4.39 Å². The summed E-state index contributed by atoms with van der Waals surface area (Å²) >= 11 is 0. The van der Waals surface area contributed by atoms with Crippen LogP contribution in [0.5, 0.6) is 0 Å². The molecule has 0 saturated heterocycles. The van der Waals surface area contributed by atoms with Crippen LogP contribution in [0.4, 0.5) is 4.39 Å². The van der Waals surface area contributed by atoms with Gasteiger partial charge in [-0.15, -0.1) is 0 Å². The molecule has 3 nitrogen and oxygen atoms in total. The van der Waals surface area contributed by atoms with E-state index < -0.39 is 0 Å². The monoisotopic (exact) mass is 291 g/mol. The van der Waals surface area contributed by atoms with Gasteiger partial charge >= 0.3 is 0 Å². The highest BCUT2D eigenvalue weighted by molar-refractivity contribution is 5.82. The molecule has 1 aromatic carbocycles. The summed E-state index contributed by atoms with van der Waals surface area (Å²) < 4.78 is 12.9. The Bertz CT molecular complexity index is 516. The zero-order valence-electron chi connectivity index (χ0n) is 12.3. The molecule has 3 rings (SSSR count). The highest BCUT2D eigenvalue weighted by Gasteiger charge is 2.45. The number of aliphatic hydroxyl groups excluding tert-OH is 1. The van der Waals surface area contributed by atoms with Crippen molar-refractivity contribution in [1.82, 2.24) is 4.90 Å². The molecule has 0 bridgehead atoms. The van der Waals surface area contributed by atoms with E-state index in [2.05, 4.69) is 0 Å². The minimum Gasteiger partial charge on any atom is -0.393 e. The summed E-state index contributed by atoms with van der Waals surface area (Å²) in [6.45, 7) is 0.645. The molecule has 114 valence electrons. The van der Waals surface area contributed by atoms with E-state index in [1.54, 1.807) is 17.0 Å². The third-order valence-electron chi connectivity index (χ3n) is 4.91. The van der Waals surface area contributed by atoms with E-state index in [-0.39, 0.29) is 35.6 Å². The Labute approximate surface area is 124 Å². The second-order valence-corrected chi connectivity index (χ2v) is 6.48. The highest BCUT2D eigenvalue weighted by Crippen LogP contribution is 2.48. The number of nitrogens with zero attached hydrogens (tertiary/aromatic N) is 1. The van der Waals surface area contributed by atoms with Gasteiger partial charge in [-0.2, -0.15) is 0 Å². The molecule has 1 aromatic rings. The van der Waals surface area contributed by atoms with Gasteiger partial charge in [0, 0.05) is 25.4 Å². The first-order valence-corrected chi connectivity index (χ1v) is 7.74. The number of aliphatic hydroxyl groups is 1. The van der Waals surface area contributed by atoms with Crippen molar-refractivity contribution in [3.63, 3.8) is 0 Å². The topological polar surface area (TPSA) is 40.5 Å². The van der Waals surface area contributed by atoms with Crippen molar-refractivity contribution in [2.24, 2.45) is 11.8 Å². The van der Waals surface area contributed by atoms with Crippen LogP contribution in [-0.4, -0.2) is 35.6 Å². The SMILES string of the molecule is CN(CC1CCCC1O)C(=O)C1CC1c1ccc(F)cc1. The lowest BCUT2D eigenvalue weighted by Gasteiger charge is -2.23. The molecule has 0 radical (unpaired) electrons. The molecule has 2 aliphatic rings. The Balaban J connectivity index is 1.55. The van der Waals surface area contributed by atoms with Crippen LogP contribution >= 0.6 is 0 Å². The van der Waals surface area contributed by atoms with E-state index in [1.165, 1.54) is 12.1 Å². The minimum atomic E-state index is -0.257. The molecular formula is C17H22FNO2. The third-order valence-corrected chi connectivity index (χ3v) is 4.91. The number of amides is 1. The maximum atomic E-state index is 12.9. The van der Waals surface area contributed by atoms with Crippen molar-refractivity contribution in [3.8, 4) is 0 Å². The number of hydrogen-bond acceptors (Lipinski definition) is 2. The molecular weight excluding hydrogens is 269 g/mol. The Hall–Kier alpha value is -1.42. The quantitative estimate of drug-likeness (QED) is 0.926. The molecule has 2 saturated carbocycles. The number of benzene rings is 1. The first-order valence-electron chi connectivity index (χ1n) is 7.74. The van der Waals surface area contributed by atoms with Gasteiger partial charge in [-0.1, -0.05) is 18.6 Å². The predicted octanol–water partition coefficient (Wildman–Crippen LogP) is 2.55. The second kappa shape index (κ2) is 5.76. The first-order chi connectivity index (χ1) is 10.1. The van der Waals surface area contributed by atoms with Gasteiger partial charge in [-0.3, -0.25) is 4.79 Å². The first kappa shape index (κ1) is 14.5. The second-order valence-electron chi connectivity index (χ2n) is 6.48. The van der Waals surface area contributed by atoms with Gasteiger partial charge in [0.1, 0.15) is 5.82 Å². The molecule has 4 heteroatoms. The molecule has 4 atom stereocenters. The van der Waals surface area contributed by atoms with Gasteiger partial charge in [0.15, 0.2) is 0 Å². The summed E-state index contributed by atoms with van der Waals surface area (Å²) in [6, 6.07) is 6.45. The molecule has 0 aromatic heterocycles. The average molecular weight is 291 g/mol. The Morgan fingerprint density at radius 2 is 2.05 bits per heavy atom. The van der Waals surface area contributed by atoms with Crippen molar-refractivity contribution >= 4 is 5.91 Å². The van der Waals surface area contributed by atoms with E-state index in [1.807, 2.05) is 7.05 Å². The third kappa shape index (κ3) is 3.10. The highest BCUT2D eigenvalue weighted by atomic mass is 19.1. The summed E-state index contributed by atoms with van der Waals surface area (Å²) in [7, 11) is 1.83. The summed E-state index contributed by atoms with van der Waals surface area (Å²) in [6.07, 6.45) is 3.50. The molecule has 2 fully saturated rings. The van der Waals surface area contributed by atoms with Crippen molar-refractivity contribution in [2.75, 3.05) is 13.6 Å². The van der Waals surface area contributed by atoms with Gasteiger partial charge in [0.25, 0.3) is 0 Å². The normalized spacial score (nSPS) is 31.2. The molecule has 21 heavy (non-hydrogen) atoms. The van der Waals surface area contributed by atoms with Crippen LogP contribution in [0.25, 0.3) is 0 Å². The maximum Gasteiger partial charge on any atom is 0.226 e. The Kier molecular flexibility index (Phi) is 3.98. The van der Waals surface area contributed by atoms with Gasteiger partial charge < -0.3 is 10.0 Å². The van der Waals surface area contributed by atoms with Crippen LogP contribution in [0.2, 0.25) is 0 Å². The van der Waals surface area contributed by atoms with Crippen LogP contribution in [-0.2, 0) is 4.79 Å². The van der Waals surface area contributed by atoms with Crippen molar-refractivity contribution in [1.29, 1.82) is 0 Å². The van der Waals surface area contributed by atoms with Gasteiger partial charge in [-0.05, 0) is 42.9 Å². The van der Waals surface area contributed by atoms with Crippen LogP contribution in [0, 0.1) is 17.7 Å². The van der Waals surface area contributed by atoms with Crippen LogP contribution in [0.3, 0.4) is 0 Å². The van der Waals surface area contributed by atoms with Crippen molar-refractivity contribution in [2.45, 2.75) is 37.7 Å². The predicted molar refractivity (Wildman–Crippen MR) is 78.2 cm³/mol. The lowest BCUT2D eigenvalue weighted by Crippen LogP contribution is -2.35. The summed E-state index contributed by atoms with van der Waals surface area (Å²) in [5.74, 6) is 0.396. The van der Waals surface area contributed by atoms with E-state index in [0.717, 1.165) is 31.2 Å². The fraction of sp³-hybridized carbons (Fsp3) is 0.588. The van der Waals surface area contributed by atoms with Gasteiger partial charge in [0.2, 0.25) is 5.91 Å². The Morgan fingerprint density at radius 3 is 2.67 bits per heavy atom. The fourth-order valence-corrected chi connectivity index (χ4v) is 3.50. The van der Waals surface area contributed by atoms with Crippen LogP contribution in [0.15, 0.2) is 24.3 Å². The molecule has 2 aliphatic carbocycles. The summed E-state index contributed by atoms with van der Waals surface area (Å²) in [5.41, 5.74) is 1.05. The number of halogens is 1. The largest absolute Gasteiger partial charge is 0.393 e. The molecule has 0 spiro atoms. The number of hydrogen-bond donors (Lipinski definition) is 1. The lowest BCUT2D eigenvalue weighted by atomic mass is 10.0. The zero-order chi connectivity index (χ0) is 15.0. The molecule has 1 N–H and O–H groups in total. The molecule has 0 heterocycles. The van der Waals surface area contributed by atoms with Crippen LogP contribution in [0.1, 0.15) is 37.2 Å². The zero-order valence-corrected chi connectivity index (χ0v) is 12.3. The minimum absolute atomic E-state index is 0.0269. The molecule has 1 amide bonds. The summed E-state index contributed by atoms with van der Waals surface area (Å²) in [5, 5.41) is 9.86. The van der Waals surface area contributed by atoms with Crippen molar-refractivity contribution < 1.29 is 14.3 Å². The van der Waals surface area contributed by atoms with E-state index >= 15 is 0 Å². The van der Waals surface area contributed by atoms with E-state index in [0.29, 0.717) is 6.54 Å². The molecule has 0 aliphatic heterocycles. The maximum absolute atomic E-state index is 12.9. The molecule has 4 unspecified atom stereocenters. The smallest absolute Gasteiger partial charge is 0.226 e. The fourth-order valence-electron chi connectivity index (χ4n) is 3.50. The number of carbonyl (C=O) groups is 1. The Morgan fingerprint density at radius 1 is 1.33 bits per heavy atom. The average Bonchev–Trinajstić information content (AvgIpc) is 3.17. The lowest BCUT2D eigenvalue weighted by molar-refractivity contribution is -0.132. The van der Waals surface area contributed by atoms with E-state index in [4.69, 9.17) is 0 Å². The van der Waals surface area contributed by atoms with Gasteiger partial charge in [0.05, 0.1) is 6.10 Å². The number of carbonyl (C=O) groups excluding carboxylic acids is 1. The van der Waals surface area contributed by atoms with Crippen molar-refractivity contribution in [3.05, 3.63) is 35.6 Å². The standard InChI is InChI=1S/C17H22FNO2/c1-19(10-12-3-2-4-16(12)20)17(21)15-9-14(15)11-5-7-13(18)8-6-11/h5-8,12,14-16,20H,2-4,9-10H2,1H3. The number of rotatable bonds is 4.